The van der Waals surface area contributed by atoms with Gasteiger partial charge >= 0.3 is 0 Å². The molecule has 1 aliphatic heterocycles. The Morgan fingerprint density at radius 2 is 1.21 bits per heavy atom. The van der Waals surface area contributed by atoms with E-state index < -0.39 is 14.1 Å². The molecule has 8 atom stereocenters. The van der Waals surface area contributed by atoms with Crippen molar-refractivity contribution in [1.82, 2.24) is 0 Å². The fourth-order valence-corrected chi connectivity index (χ4v) is 8.35. The first kappa shape index (κ1) is 12.9. The minimum absolute atomic E-state index is 0.00697. The van der Waals surface area contributed by atoms with Gasteiger partial charge < -0.3 is 4.74 Å². The predicted molar refractivity (Wildman–Crippen MR) is 77.6 cm³/mol. The molecule has 0 spiro atoms. The molecule has 4 aliphatic carbocycles. The van der Waals surface area contributed by atoms with Gasteiger partial charge in [0.25, 0.3) is 0 Å². The van der Waals surface area contributed by atoms with Crippen LogP contribution in [0.15, 0.2) is 10.1 Å². The van der Waals surface area contributed by atoms with Gasteiger partial charge in [0.15, 0.2) is 0 Å². The maximum atomic E-state index is 6.81. The molecule has 4 fully saturated rings. The molecular formula is C12H8Cl6O. The maximum Gasteiger partial charge on any atom is 0.129 e. The lowest BCUT2D eigenvalue weighted by molar-refractivity contribution is 0.228. The van der Waals surface area contributed by atoms with Crippen LogP contribution in [0.5, 0.6) is 0 Å². The third-order valence-electron chi connectivity index (χ3n) is 5.81. The third-order valence-corrected chi connectivity index (χ3v) is 9.31. The number of hydrogen-bond acceptors (Lipinski definition) is 1. The van der Waals surface area contributed by atoms with Crippen LogP contribution in [0.2, 0.25) is 0 Å². The van der Waals surface area contributed by atoms with Gasteiger partial charge in [0.1, 0.15) is 4.33 Å². The molecule has 7 heteroatoms. The zero-order valence-corrected chi connectivity index (χ0v) is 13.9. The van der Waals surface area contributed by atoms with Gasteiger partial charge in [0.2, 0.25) is 0 Å². The second-order valence-corrected chi connectivity index (χ2v) is 9.92. The molecule has 104 valence electrons. The van der Waals surface area contributed by atoms with E-state index in [-0.39, 0.29) is 35.9 Å². The molecule has 1 saturated heterocycles. The molecule has 4 bridgehead atoms. The Morgan fingerprint density at radius 3 is 1.63 bits per heavy atom. The van der Waals surface area contributed by atoms with E-state index >= 15 is 0 Å². The molecule has 0 aromatic rings. The van der Waals surface area contributed by atoms with E-state index in [9.17, 15) is 0 Å². The summed E-state index contributed by atoms with van der Waals surface area (Å²) in [6.45, 7) is 0. The normalized spacial score (nSPS) is 66.6. The summed E-state index contributed by atoms with van der Waals surface area (Å²) in [7, 11) is 0. The van der Waals surface area contributed by atoms with Crippen molar-refractivity contribution >= 4 is 69.6 Å². The summed E-state index contributed by atoms with van der Waals surface area (Å²) in [6, 6.07) is 0. The summed E-state index contributed by atoms with van der Waals surface area (Å²) in [5, 5.41) is 0.946. The summed E-state index contributed by atoms with van der Waals surface area (Å²) in [5.74, 6) is 0.0794. The van der Waals surface area contributed by atoms with Crippen molar-refractivity contribution in [3.05, 3.63) is 10.1 Å². The average molecular weight is 381 g/mol. The maximum absolute atomic E-state index is 6.81. The zero-order valence-electron chi connectivity index (χ0n) is 9.35. The molecule has 0 aromatic carbocycles. The summed E-state index contributed by atoms with van der Waals surface area (Å²) < 4.78 is 4.87. The van der Waals surface area contributed by atoms with Gasteiger partial charge in [-0.05, 0) is 18.3 Å². The van der Waals surface area contributed by atoms with Gasteiger partial charge in [-0.2, -0.15) is 0 Å². The van der Waals surface area contributed by atoms with Gasteiger partial charge in [0.05, 0.1) is 32.0 Å². The summed E-state index contributed by atoms with van der Waals surface area (Å²) >= 11 is 39.5. The van der Waals surface area contributed by atoms with Crippen molar-refractivity contribution in [3.63, 3.8) is 0 Å². The second-order valence-electron chi connectivity index (χ2n) is 6.37. The molecule has 5 rings (SSSR count). The van der Waals surface area contributed by atoms with E-state index in [2.05, 4.69) is 0 Å². The van der Waals surface area contributed by atoms with Crippen LogP contribution in [0.3, 0.4) is 0 Å². The van der Waals surface area contributed by atoms with Crippen molar-refractivity contribution in [1.29, 1.82) is 0 Å². The highest BCUT2D eigenvalue weighted by molar-refractivity contribution is 6.52. The van der Waals surface area contributed by atoms with Gasteiger partial charge in [0, 0.05) is 11.8 Å². The number of hydrogen-bond donors (Lipinski definition) is 0. The Balaban J connectivity index is 1.76. The highest BCUT2D eigenvalue weighted by atomic mass is 35.5. The molecule has 0 radical (unpaired) electrons. The number of allylic oxidation sites excluding steroid dienone is 2. The number of halogens is 6. The smallest absolute Gasteiger partial charge is 0.129 e. The Morgan fingerprint density at radius 1 is 0.789 bits per heavy atom. The molecular weight excluding hydrogens is 373 g/mol. The van der Waals surface area contributed by atoms with E-state index in [0.717, 1.165) is 0 Å². The van der Waals surface area contributed by atoms with Crippen LogP contribution in [0.1, 0.15) is 6.42 Å². The SMILES string of the molecule is ClC1=C(Cl)C2(Cl)CC1(Cl)C1C2C2C3OC3C1C2(Cl)Cl. The lowest BCUT2D eigenvalue weighted by Gasteiger charge is -2.38. The van der Waals surface area contributed by atoms with E-state index in [1.165, 1.54) is 0 Å². The number of fused-ring (bicyclic) bond motifs is 12. The van der Waals surface area contributed by atoms with Gasteiger partial charge in [-0.25, -0.2) is 0 Å². The standard InChI is InChI=1S/C12H8Cl6O/c13-8-9(14)11(16)1-10(8,15)2-3(11)5-7-6(19-7)4(2)12(5,17)18/h2-7H,1H2. The summed E-state index contributed by atoms with van der Waals surface area (Å²) in [4.78, 5) is -1.45. The van der Waals surface area contributed by atoms with E-state index in [0.29, 0.717) is 16.5 Å². The first-order valence-corrected chi connectivity index (χ1v) is 8.48. The van der Waals surface area contributed by atoms with Gasteiger partial charge in [-0.3, -0.25) is 0 Å². The van der Waals surface area contributed by atoms with Crippen LogP contribution in [0.25, 0.3) is 0 Å². The minimum atomic E-state index is -0.831. The largest absolute Gasteiger partial charge is 0.369 e. The molecule has 0 N–H and O–H groups in total. The summed E-state index contributed by atoms with van der Waals surface area (Å²) in [5.41, 5.74) is 0. The van der Waals surface area contributed by atoms with Crippen LogP contribution in [0.4, 0.5) is 0 Å². The number of epoxide rings is 1. The lowest BCUT2D eigenvalue weighted by Crippen LogP contribution is -2.42. The molecule has 19 heavy (non-hydrogen) atoms. The minimum Gasteiger partial charge on any atom is -0.369 e. The number of alkyl halides is 4. The molecule has 8 unspecified atom stereocenters. The Labute approximate surface area is 140 Å². The highest BCUT2D eigenvalue weighted by Gasteiger charge is 2.87. The highest BCUT2D eigenvalue weighted by Crippen LogP contribution is 2.82. The van der Waals surface area contributed by atoms with Crippen molar-refractivity contribution in [3.8, 4) is 0 Å². The van der Waals surface area contributed by atoms with Crippen LogP contribution >= 0.6 is 69.6 Å². The number of rotatable bonds is 0. The Hall–Kier alpha value is 1.44. The van der Waals surface area contributed by atoms with Gasteiger partial charge in [-0.15, -0.1) is 46.4 Å². The van der Waals surface area contributed by atoms with Crippen molar-refractivity contribution < 1.29 is 4.74 Å². The average Bonchev–Trinajstić information content (AvgIpc) is 2.91. The van der Waals surface area contributed by atoms with Gasteiger partial charge in [-0.1, -0.05) is 23.2 Å². The quantitative estimate of drug-likeness (QED) is 0.343. The van der Waals surface area contributed by atoms with Crippen LogP contribution in [0, 0.1) is 23.7 Å². The lowest BCUT2D eigenvalue weighted by atomic mass is 9.73. The van der Waals surface area contributed by atoms with E-state index in [4.69, 9.17) is 74.3 Å². The van der Waals surface area contributed by atoms with Crippen molar-refractivity contribution in [2.75, 3.05) is 0 Å². The predicted octanol–water partition coefficient (Wildman–Crippen LogP) is 4.48. The second kappa shape index (κ2) is 3.20. The third kappa shape index (κ3) is 1.10. The van der Waals surface area contributed by atoms with Crippen LogP contribution < -0.4 is 0 Å². The first-order chi connectivity index (χ1) is 8.74. The molecule has 1 nitrogen and oxygen atoms in total. The molecule has 1 heterocycles. The van der Waals surface area contributed by atoms with Crippen LogP contribution in [-0.4, -0.2) is 26.3 Å². The fraction of sp³-hybridized carbons (Fsp3) is 0.833. The van der Waals surface area contributed by atoms with E-state index in [1.54, 1.807) is 0 Å². The molecule has 0 aromatic heterocycles. The molecule has 3 saturated carbocycles. The Kier molecular flexibility index (Phi) is 2.18. The number of ether oxygens (including phenoxy) is 1. The van der Waals surface area contributed by atoms with Crippen molar-refractivity contribution in [2.45, 2.75) is 32.7 Å². The van der Waals surface area contributed by atoms with Crippen molar-refractivity contribution in [2.24, 2.45) is 23.7 Å². The van der Waals surface area contributed by atoms with E-state index in [1.807, 2.05) is 0 Å². The Bertz CT molecular complexity index is 516. The first-order valence-electron chi connectivity index (χ1n) is 6.22. The summed E-state index contributed by atoms with van der Waals surface area (Å²) in [6.07, 6.45) is 0.784. The van der Waals surface area contributed by atoms with Crippen LogP contribution in [-0.2, 0) is 4.74 Å². The molecule has 5 aliphatic rings. The topological polar surface area (TPSA) is 12.5 Å². The zero-order chi connectivity index (χ0) is 13.5. The fourth-order valence-electron chi connectivity index (χ4n) is 5.27. The molecule has 0 amide bonds. The monoisotopic (exact) mass is 378 g/mol.